The van der Waals surface area contributed by atoms with Gasteiger partial charge in [0.15, 0.2) is 10.8 Å². The Labute approximate surface area is 140 Å². The van der Waals surface area contributed by atoms with E-state index >= 15 is 0 Å². The van der Waals surface area contributed by atoms with Gasteiger partial charge in [-0.25, -0.2) is 9.00 Å². The maximum absolute atomic E-state index is 12.4. The Kier molecular flexibility index (Phi) is 5.24. The highest BCUT2D eigenvalue weighted by atomic mass is 32.2. The number of amides is 2. The molecule has 1 heterocycles. The van der Waals surface area contributed by atoms with Crippen molar-refractivity contribution in [3.63, 3.8) is 0 Å². The molecule has 24 heavy (non-hydrogen) atoms. The van der Waals surface area contributed by atoms with E-state index in [0.717, 1.165) is 12.1 Å². The smallest absolute Gasteiger partial charge is 0.369 e. The quantitative estimate of drug-likeness (QED) is 0.876. The third kappa shape index (κ3) is 4.70. The first-order valence-electron chi connectivity index (χ1n) is 7.30. The fraction of sp³-hybridized carbons (Fsp3) is 0.533. The summed E-state index contributed by atoms with van der Waals surface area (Å²) in [7, 11) is -3.08. The van der Waals surface area contributed by atoms with E-state index in [-0.39, 0.29) is 17.0 Å². The molecule has 1 aromatic rings. The Hall–Kier alpha value is -1.61. The van der Waals surface area contributed by atoms with Crippen molar-refractivity contribution in [2.24, 2.45) is 0 Å². The predicted molar refractivity (Wildman–Crippen MR) is 84.1 cm³/mol. The summed E-state index contributed by atoms with van der Waals surface area (Å²) in [5.41, 5.74) is -4.94. The highest BCUT2D eigenvalue weighted by Crippen LogP contribution is 2.27. The topological polar surface area (TPSA) is 58.6 Å². The number of nitrogens with zero attached hydrogens (tertiary/aromatic N) is 1. The van der Waals surface area contributed by atoms with Gasteiger partial charge in [-0.05, 0) is 45.0 Å². The van der Waals surface area contributed by atoms with Crippen LogP contribution in [-0.4, -0.2) is 45.4 Å². The van der Waals surface area contributed by atoms with Gasteiger partial charge < -0.3 is 15.0 Å². The molecule has 5 nitrogen and oxygen atoms in total. The molecule has 2 amide bonds. The predicted octanol–water partition coefficient (Wildman–Crippen LogP) is 3.35. The van der Waals surface area contributed by atoms with E-state index in [4.69, 9.17) is 4.74 Å². The molecular formula is C15H19F3N2O3S. The van der Waals surface area contributed by atoms with Gasteiger partial charge in [0.2, 0.25) is 0 Å². The van der Waals surface area contributed by atoms with Crippen LogP contribution in [0.2, 0.25) is 0 Å². The van der Waals surface area contributed by atoms with Crippen molar-refractivity contribution in [2.45, 2.75) is 42.9 Å². The summed E-state index contributed by atoms with van der Waals surface area (Å²) in [6.07, 6.45) is -0.115. The van der Waals surface area contributed by atoms with E-state index in [1.54, 1.807) is 4.90 Å². The molecule has 1 aliphatic rings. The normalized spacial score (nSPS) is 22.1. The minimum Gasteiger partial charge on any atom is -0.369 e. The second-order valence-corrected chi connectivity index (χ2v) is 7.71. The zero-order valence-electron chi connectivity index (χ0n) is 13.5. The minimum absolute atomic E-state index is 0.115. The number of morpholine rings is 1. The number of carbonyl (C=O) groups is 1. The molecule has 1 aromatic carbocycles. The number of alkyl halides is 3. The van der Waals surface area contributed by atoms with Crippen molar-refractivity contribution < 1.29 is 26.9 Å². The number of anilines is 1. The van der Waals surface area contributed by atoms with E-state index in [2.05, 4.69) is 5.32 Å². The van der Waals surface area contributed by atoms with E-state index in [0.29, 0.717) is 18.8 Å². The van der Waals surface area contributed by atoms with Crippen molar-refractivity contribution in [1.82, 2.24) is 4.90 Å². The van der Waals surface area contributed by atoms with E-state index in [9.17, 15) is 22.2 Å². The van der Waals surface area contributed by atoms with Crippen LogP contribution >= 0.6 is 0 Å². The highest BCUT2D eigenvalue weighted by molar-refractivity contribution is 7.86. The maximum atomic E-state index is 12.4. The molecule has 0 radical (unpaired) electrons. The average Bonchev–Trinajstić information content (AvgIpc) is 2.44. The Morgan fingerprint density at radius 3 is 2.42 bits per heavy atom. The summed E-state index contributed by atoms with van der Waals surface area (Å²) in [5.74, 6) is 0. The van der Waals surface area contributed by atoms with Crippen LogP contribution in [0.25, 0.3) is 0 Å². The number of carbonyl (C=O) groups excluding carboxylic acids is 1. The number of hydrogen-bond donors (Lipinski definition) is 1. The van der Waals surface area contributed by atoms with Crippen molar-refractivity contribution >= 4 is 22.5 Å². The van der Waals surface area contributed by atoms with Crippen LogP contribution in [-0.2, 0) is 15.5 Å². The minimum atomic E-state index is -4.81. The van der Waals surface area contributed by atoms with Gasteiger partial charge in [-0.3, -0.25) is 0 Å². The fourth-order valence-electron chi connectivity index (χ4n) is 2.61. The van der Waals surface area contributed by atoms with Gasteiger partial charge in [0.25, 0.3) is 0 Å². The lowest BCUT2D eigenvalue weighted by Crippen LogP contribution is -2.54. The second-order valence-electron chi connectivity index (χ2n) is 6.24. The molecule has 0 aromatic heterocycles. The molecule has 1 saturated heterocycles. The number of hydrogen-bond acceptors (Lipinski definition) is 3. The lowest BCUT2D eigenvalue weighted by Gasteiger charge is -2.41. The molecule has 1 aliphatic heterocycles. The number of rotatable bonds is 2. The summed E-state index contributed by atoms with van der Waals surface area (Å²) in [4.78, 5) is 13.5. The standard InChI is InChI=1S/C15H19F3N2O3S/c1-10-8-20(9-14(2,3)23-10)13(21)19-11-4-6-12(7-5-11)24(22)15(16,17)18/h4-7,10H,8-9H2,1-3H3,(H,19,21)/t10-,24-/m0/s1. The van der Waals surface area contributed by atoms with Gasteiger partial charge in [-0.15, -0.1) is 0 Å². The summed E-state index contributed by atoms with van der Waals surface area (Å²) >= 11 is 0. The zero-order chi connectivity index (χ0) is 18.1. The Bertz CT molecular complexity index is 632. The zero-order valence-corrected chi connectivity index (χ0v) is 14.3. The summed E-state index contributed by atoms with van der Waals surface area (Å²) < 4.78 is 54.2. The van der Waals surface area contributed by atoms with Crippen molar-refractivity contribution in [3.05, 3.63) is 24.3 Å². The molecule has 0 unspecified atom stereocenters. The van der Waals surface area contributed by atoms with Crippen molar-refractivity contribution in [3.8, 4) is 0 Å². The van der Waals surface area contributed by atoms with Gasteiger partial charge >= 0.3 is 11.5 Å². The molecule has 0 saturated carbocycles. The average molecular weight is 364 g/mol. The molecule has 2 atom stereocenters. The number of nitrogens with one attached hydrogen (secondary N) is 1. The third-order valence-electron chi connectivity index (χ3n) is 3.39. The van der Waals surface area contributed by atoms with Crippen LogP contribution < -0.4 is 5.32 Å². The number of ether oxygens (including phenoxy) is 1. The monoisotopic (exact) mass is 364 g/mol. The first kappa shape index (κ1) is 18.7. The molecule has 0 spiro atoms. The first-order chi connectivity index (χ1) is 11.0. The van der Waals surface area contributed by atoms with Crippen LogP contribution in [0.15, 0.2) is 29.2 Å². The summed E-state index contributed by atoms with van der Waals surface area (Å²) in [5, 5.41) is 2.63. The maximum Gasteiger partial charge on any atom is 0.475 e. The highest BCUT2D eigenvalue weighted by Gasteiger charge is 2.38. The number of urea groups is 1. The van der Waals surface area contributed by atoms with Gasteiger partial charge in [0.1, 0.15) is 0 Å². The van der Waals surface area contributed by atoms with E-state index in [1.807, 2.05) is 20.8 Å². The lowest BCUT2D eigenvalue weighted by atomic mass is 10.1. The van der Waals surface area contributed by atoms with Crippen LogP contribution in [0.1, 0.15) is 20.8 Å². The van der Waals surface area contributed by atoms with Crippen LogP contribution in [0.5, 0.6) is 0 Å². The lowest BCUT2D eigenvalue weighted by molar-refractivity contribution is -0.116. The largest absolute Gasteiger partial charge is 0.475 e. The van der Waals surface area contributed by atoms with Gasteiger partial charge in [0.05, 0.1) is 18.2 Å². The first-order valence-corrected chi connectivity index (χ1v) is 8.45. The fourth-order valence-corrected chi connectivity index (χ4v) is 3.26. The number of halogens is 3. The summed E-state index contributed by atoms with van der Waals surface area (Å²) in [6, 6.07) is 4.41. The van der Waals surface area contributed by atoms with Gasteiger partial charge in [0, 0.05) is 17.1 Å². The molecule has 0 bridgehead atoms. The summed E-state index contributed by atoms with van der Waals surface area (Å²) in [6.45, 7) is 6.45. The Balaban J connectivity index is 2.03. The molecule has 1 fully saturated rings. The molecule has 2 rings (SSSR count). The van der Waals surface area contributed by atoms with Gasteiger partial charge in [-0.2, -0.15) is 13.2 Å². The van der Waals surface area contributed by atoms with Crippen LogP contribution in [0, 0.1) is 0 Å². The Morgan fingerprint density at radius 2 is 1.92 bits per heavy atom. The van der Waals surface area contributed by atoms with E-state index in [1.165, 1.54) is 12.1 Å². The molecule has 9 heteroatoms. The molecule has 0 aliphatic carbocycles. The molecule has 1 N–H and O–H groups in total. The van der Waals surface area contributed by atoms with Crippen LogP contribution in [0.4, 0.5) is 23.7 Å². The van der Waals surface area contributed by atoms with E-state index < -0.39 is 21.9 Å². The molecule has 134 valence electrons. The van der Waals surface area contributed by atoms with Crippen LogP contribution in [0.3, 0.4) is 0 Å². The van der Waals surface area contributed by atoms with Crippen molar-refractivity contribution in [1.29, 1.82) is 0 Å². The van der Waals surface area contributed by atoms with Gasteiger partial charge in [-0.1, -0.05) is 0 Å². The SMILES string of the molecule is C[C@H]1CN(C(=O)Nc2ccc([S@](=O)C(F)(F)F)cc2)CC(C)(C)O1. The molecular weight excluding hydrogens is 345 g/mol. The Morgan fingerprint density at radius 1 is 1.33 bits per heavy atom. The second kappa shape index (κ2) is 6.72. The van der Waals surface area contributed by atoms with Crippen molar-refractivity contribution in [2.75, 3.05) is 18.4 Å². The third-order valence-corrected chi connectivity index (χ3v) is 4.51. The number of benzene rings is 1.